The van der Waals surface area contributed by atoms with E-state index >= 15 is 0 Å². The van der Waals surface area contributed by atoms with Gasteiger partial charge in [0, 0.05) is 23.7 Å². The van der Waals surface area contributed by atoms with E-state index in [4.69, 9.17) is 9.26 Å². The SMILES string of the molecule is c1ccc2cc(-c3cc(-c4ccc(OCCN5CCCCC5)cc4)on3)ccc2c1. The third-order valence-electron chi connectivity index (χ3n) is 5.82. The van der Waals surface area contributed by atoms with Crippen molar-refractivity contribution in [3.63, 3.8) is 0 Å². The lowest BCUT2D eigenvalue weighted by Gasteiger charge is -2.26. The van der Waals surface area contributed by atoms with Crippen molar-refractivity contribution in [3.05, 3.63) is 72.8 Å². The quantitative estimate of drug-likeness (QED) is 0.398. The average Bonchev–Trinajstić information content (AvgIpc) is 3.30. The predicted molar refractivity (Wildman–Crippen MR) is 121 cm³/mol. The van der Waals surface area contributed by atoms with Gasteiger partial charge in [-0.05, 0) is 67.0 Å². The van der Waals surface area contributed by atoms with Gasteiger partial charge in [0.15, 0.2) is 5.76 Å². The van der Waals surface area contributed by atoms with Gasteiger partial charge in [-0.1, -0.05) is 48.0 Å². The number of hydrogen-bond donors (Lipinski definition) is 0. The average molecular weight is 399 g/mol. The van der Waals surface area contributed by atoms with Crippen LogP contribution >= 0.6 is 0 Å². The Labute approximate surface area is 177 Å². The van der Waals surface area contributed by atoms with Crippen LogP contribution in [0.1, 0.15) is 19.3 Å². The van der Waals surface area contributed by atoms with Crippen LogP contribution in [-0.4, -0.2) is 36.3 Å². The zero-order chi connectivity index (χ0) is 20.2. The van der Waals surface area contributed by atoms with Crippen molar-refractivity contribution < 1.29 is 9.26 Å². The highest BCUT2D eigenvalue weighted by Crippen LogP contribution is 2.29. The monoisotopic (exact) mass is 398 g/mol. The minimum absolute atomic E-state index is 0.730. The van der Waals surface area contributed by atoms with Crippen LogP contribution in [0.25, 0.3) is 33.4 Å². The molecule has 5 rings (SSSR count). The molecule has 1 aromatic heterocycles. The first-order chi connectivity index (χ1) is 14.8. The molecule has 0 aliphatic carbocycles. The van der Waals surface area contributed by atoms with Crippen LogP contribution in [0.2, 0.25) is 0 Å². The standard InChI is InChI=1S/C26H26N2O2/c1-4-14-28(15-5-1)16-17-29-24-12-10-21(11-13-24)26-19-25(27-30-26)23-9-8-20-6-2-3-7-22(20)18-23/h2-3,6-13,18-19H,1,4-5,14-17H2. The molecule has 4 aromatic rings. The van der Waals surface area contributed by atoms with E-state index in [-0.39, 0.29) is 0 Å². The van der Waals surface area contributed by atoms with E-state index in [9.17, 15) is 0 Å². The third kappa shape index (κ3) is 4.24. The van der Waals surface area contributed by atoms with Gasteiger partial charge >= 0.3 is 0 Å². The normalized spacial score (nSPS) is 14.8. The van der Waals surface area contributed by atoms with Crippen molar-refractivity contribution in [1.29, 1.82) is 0 Å². The number of ether oxygens (including phenoxy) is 1. The summed E-state index contributed by atoms with van der Waals surface area (Å²) < 4.78 is 11.5. The van der Waals surface area contributed by atoms with Crippen LogP contribution in [0.15, 0.2) is 77.3 Å². The van der Waals surface area contributed by atoms with E-state index in [1.54, 1.807) is 0 Å². The van der Waals surface area contributed by atoms with Gasteiger partial charge in [0.05, 0.1) is 0 Å². The fourth-order valence-corrected chi connectivity index (χ4v) is 4.09. The van der Waals surface area contributed by atoms with Crippen LogP contribution in [0.5, 0.6) is 5.75 Å². The number of likely N-dealkylation sites (tertiary alicyclic amines) is 1. The molecule has 0 atom stereocenters. The smallest absolute Gasteiger partial charge is 0.167 e. The van der Waals surface area contributed by atoms with Crippen molar-refractivity contribution >= 4 is 10.8 Å². The summed E-state index contributed by atoms with van der Waals surface area (Å²) in [7, 11) is 0. The molecule has 2 heterocycles. The summed E-state index contributed by atoms with van der Waals surface area (Å²) in [5, 5.41) is 6.70. The summed E-state index contributed by atoms with van der Waals surface area (Å²) in [4.78, 5) is 2.49. The van der Waals surface area contributed by atoms with Gasteiger partial charge in [-0.3, -0.25) is 4.90 Å². The van der Waals surface area contributed by atoms with Crippen molar-refractivity contribution in [3.8, 4) is 28.3 Å². The van der Waals surface area contributed by atoms with E-state index in [0.29, 0.717) is 0 Å². The van der Waals surface area contributed by atoms with Gasteiger partial charge in [0.1, 0.15) is 18.1 Å². The van der Waals surface area contributed by atoms with Gasteiger partial charge in [0.25, 0.3) is 0 Å². The molecule has 0 amide bonds. The van der Waals surface area contributed by atoms with Crippen LogP contribution < -0.4 is 4.74 Å². The molecule has 0 bridgehead atoms. The van der Waals surface area contributed by atoms with E-state index in [2.05, 4.69) is 52.5 Å². The van der Waals surface area contributed by atoms with Gasteiger partial charge < -0.3 is 9.26 Å². The summed E-state index contributed by atoms with van der Waals surface area (Å²) >= 11 is 0. The second-order valence-electron chi connectivity index (χ2n) is 7.91. The maximum atomic E-state index is 5.93. The highest BCUT2D eigenvalue weighted by molar-refractivity contribution is 5.87. The molecule has 0 unspecified atom stereocenters. The molecule has 0 saturated carbocycles. The molecule has 0 spiro atoms. The molecule has 0 N–H and O–H groups in total. The third-order valence-corrected chi connectivity index (χ3v) is 5.82. The molecule has 1 aliphatic heterocycles. The largest absolute Gasteiger partial charge is 0.492 e. The molecule has 1 aliphatic rings. The number of benzene rings is 3. The van der Waals surface area contributed by atoms with E-state index in [1.807, 2.05) is 30.3 Å². The highest BCUT2D eigenvalue weighted by atomic mass is 16.5. The Kier molecular flexibility index (Phi) is 5.49. The van der Waals surface area contributed by atoms with E-state index in [1.165, 1.54) is 43.1 Å². The Balaban J connectivity index is 1.24. The number of piperidine rings is 1. The van der Waals surface area contributed by atoms with Gasteiger partial charge in [-0.2, -0.15) is 0 Å². The van der Waals surface area contributed by atoms with Crippen LogP contribution in [-0.2, 0) is 0 Å². The van der Waals surface area contributed by atoms with Crippen LogP contribution in [0, 0.1) is 0 Å². The van der Waals surface area contributed by atoms with Gasteiger partial charge in [-0.15, -0.1) is 0 Å². The second kappa shape index (κ2) is 8.72. The number of rotatable bonds is 6. The fourth-order valence-electron chi connectivity index (χ4n) is 4.09. The summed E-state index contributed by atoms with van der Waals surface area (Å²) in [5.74, 6) is 1.66. The summed E-state index contributed by atoms with van der Waals surface area (Å²) in [6.07, 6.45) is 3.99. The lowest BCUT2D eigenvalue weighted by atomic mass is 10.0. The van der Waals surface area contributed by atoms with Crippen molar-refractivity contribution in [2.45, 2.75) is 19.3 Å². The molecule has 3 aromatic carbocycles. The lowest BCUT2D eigenvalue weighted by Crippen LogP contribution is -2.33. The van der Waals surface area contributed by atoms with E-state index in [0.717, 1.165) is 41.5 Å². The Morgan fingerprint density at radius 1 is 0.800 bits per heavy atom. The minimum Gasteiger partial charge on any atom is -0.492 e. The van der Waals surface area contributed by atoms with Crippen LogP contribution in [0.3, 0.4) is 0 Å². The fraction of sp³-hybridized carbons (Fsp3) is 0.269. The maximum absolute atomic E-state index is 5.93. The van der Waals surface area contributed by atoms with Gasteiger partial charge in [-0.25, -0.2) is 0 Å². The number of aromatic nitrogens is 1. The Morgan fingerprint density at radius 3 is 2.40 bits per heavy atom. The number of hydrogen-bond acceptors (Lipinski definition) is 4. The summed E-state index contributed by atoms with van der Waals surface area (Å²) in [6.45, 7) is 4.13. The summed E-state index contributed by atoms with van der Waals surface area (Å²) in [6, 6.07) is 24.8. The second-order valence-corrected chi connectivity index (χ2v) is 7.91. The van der Waals surface area contributed by atoms with Gasteiger partial charge in [0.2, 0.25) is 0 Å². The molecule has 4 heteroatoms. The molecule has 1 saturated heterocycles. The van der Waals surface area contributed by atoms with Crippen molar-refractivity contribution in [1.82, 2.24) is 10.1 Å². The molecular formula is C26H26N2O2. The topological polar surface area (TPSA) is 38.5 Å². The highest BCUT2D eigenvalue weighted by Gasteiger charge is 2.11. The summed E-state index contributed by atoms with van der Waals surface area (Å²) in [5.41, 5.74) is 2.90. The minimum atomic E-state index is 0.730. The molecule has 152 valence electrons. The maximum Gasteiger partial charge on any atom is 0.167 e. The van der Waals surface area contributed by atoms with Crippen molar-refractivity contribution in [2.24, 2.45) is 0 Å². The molecule has 0 radical (unpaired) electrons. The zero-order valence-electron chi connectivity index (χ0n) is 17.1. The van der Waals surface area contributed by atoms with Crippen LogP contribution in [0.4, 0.5) is 0 Å². The molecule has 4 nitrogen and oxygen atoms in total. The lowest BCUT2D eigenvalue weighted by molar-refractivity contribution is 0.183. The first-order valence-electron chi connectivity index (χ1n) is 10.8. The first kappa shape index (κ1) is 18.9. The zero-order valence-corrected chi connectivity index (χ0v) is 17.1. The first-order valence-corrected chi connectivity index (χ1v) is 10.8. The van der Waals surface area contributed by atoms with Crippen molar-refractivity contribution in [2.75, 3.05) is 26.2 Å². The predicted octanol–water partition coefficient (Wildman–Crippen LogP) is 6.03. The number of nitrogens with zero attached hydrogens (tertiary/aromatic N) is 2. The Morgan fingerprint density at radius 2 is 1.57 bits per heavy atom. The molecule has 30 heavy (non-hydrogen) atoms. The Hall–Kier alpha value is -3.11. The molecular weight excluding hydrogens is 372 g/mol. The molecule has 1 fully saturated rings. The van der Waals surface area contributed by atoms with E-state index < -0.39 is 0 Å². The number of fused-ring (bicyclic) bond motifs is 1. The Bertz CT molecular complexity index is 1110.